The van der Waals surface area contributed by atoms with E-state index in [-0.39, 0.29) is 30.0 Å². The standard InChI is InChI=1S/C32H56N8O4/c1-18(2)39(14-24-27(41)28(42)31(44-24)40-17-34-26-29(33)38(5)16-35-30(26)40)21-11-19(12-21)7-10-25-36-22-9-8-20(13-23(22)37-25)32(3,4)15-43-6/h8-9,13,18-19,21,24-31,34-37,41-42H,7,10-12,14-17,33H2,1-6H3/t19?,21?,24?,25?,26?,27-,28-,29?,30?,31-/m1/s1. The van der Waals surface area contributed by atoms with E-state index in [4.69, 9.17) is 15.2 Å². The lowest BCUT2D eigenvalue weighted by molar-refractivity contribution is -0.115. The molecule has 12 nitrogen and oxygen atoms in total. The quantitative estimate of drug-likeness (QED) is 0.189. The molecule has 5 unspecified atom stereocenters. The number of rotatable bonds is 11. The predicted octanol–water partition coefficient (Wildman–Crippen LogP) is 0.825. The minimum atomic E-state index is -0.973. The molecule has 8 N–H and O–H groups in total. The van der Waals surface area contributed by atoms with Crippen molar-refractivity contribution in [3.05, 3.63) is 23.8 Å². The molecule has 5 aliphatic rings. The normalized spacial score (nSPS) is 37.6. The second kappa shape index (κ2) is 12.9. The molecule has 0 bridgehead atoms. The molecule has 0 amide bonds. The lowest BCUT2D eigenvalue weighted by Crippen LogP contribution is -2.68. The summed E-state index contributed by atoms with van der Waals surface area (Å²) in [5, 5.41) is 36.5. The Morgan fingerprint density at radius 2 is 1.84 bits per heavy atom. The molecule has 8 atom stereocenters. The van der Waals surface area contributed by atoms with Crippen molar-refractivity contribution in [2.24, 2.45) is 11.7 Å². The Hall–Kier alpha value is -1.58. The van der Waals surface area contributed by atoms with E-state index in [0.29, 0.717) is 44.5 Å². The van der Waals surface area contributed by atoms with Crippen molar-refractivity contribution in [2.45, 2.75) is 120 Å². The summed E-state index contributed by atoms with van der Waals surface area (Å²) < 4.78 is 11.9. The molecule has 248 valence electrons. The van der Waals surface area contributed by atoms with Crippen LogP contribution >= 0.6 is 0 Å². The van der Waals surface area contributed by atoms with E-state index in [9.17, 15) is 10.2 Å². The van der Waals surface area contributed by atoms with Crippen LogP contribution in [-0.4, -0.2) is 127 Å². The number of fused-ring (bicyclic) bond motifs is 2. The first-order valence-corrected chi connectivity index (χ1v) is 16.6. The van der Waals surface area contributed by atoms with Gasteiger partial charge in [-0.05, 0) is 70.2 Å². The average molecular weight is 617 g/mol. The number of hydrogen-bond acceptors (Lipinski definition) is 12. The highest BCUT2D eigenvalue weighted by atomic mass is 16.6. The first-order chi connectivity index (χ1) is 21.0. The molecule has 1 aliphatic carbocycles. The topological polar surface area (TPSA) is 143 Å². The van der Waals surface area contributed by atoms with Crippen LogP contribution < -0.4 is 27.0 Å². The Morgan fingerprint density at radius 3 is 2.57 bits per heavy atom. The summed E-state index contributed by atoms with van der Waals surface area (Å²) in [5.41, 5.74) is 10.0. The fourth-order valence-corrected chi connectivity index (χ4v) is 8.01. The molecule has 4 heterocycles. The van der Waals surface area contributed by atoms with Crippen LogP contribution in [-0.2, 0) is 14.9 Å². The molecule has 0 aromatic heterocycles. The minimum absolute atomic E-state index is 0.0223. The Bertz CT molecular complexity index is 1140. The van der Waals surface area contributed by atoms with Gasteiger partial charge in [0.2, 0.25) is 0 Å². The third-order valence-corrected chi connectivity index (χ3v) is 10.9. The number of likely N-dealkylation sites (N-methyl/N-ethyl adjacent to an activating group) is 1. The smallest absolute Gasteiger partial charge is 0.142 e. The van der Waals surface area contributed by atoms with Crippen molar-refractivity contribution >= 4 is 11.4 Å². The van der Waals surface area contributed by atoms with Crippen LogP contribution in [0.1, 0.15) is 58.9 Å². The van der Waals surface area contributed by atoms with Crippen LogP contribution in [0.15, 0.2) is 18.2 Å². The Kier molecular flexibility index (Phi) is 9.49. The molecule has 4 fully saturated rings. The van der Waals surface area contributed by atoms with Gasteiger partial charge in [-0.1, -0.05) is 19.9 Å². The first-order valence-electron chi connectivity index (χ1n) is 16.6. The Morgan fingerprint density at radius 1 is 1.09 bits per heavy atom. The summed E-state index contributed by atoms with van der Waals surface area (Å²) in [6, 6.07) is 7.47. The molecule has 0 radical (unpaired) electrons. The van der Waals surface area contributed by atoms with Gasteiger partial charge in [0.05, 0.1) is 55.9 Å². The van der Waals surface area contributed by atoms with Gasteiger partial charge in [0, 0.05) is 31.2 Å². The summed E-state index contributed by atoms with van der Waals surface area (Å²) in [5.74, 6) is 0.685. The third-order valence-electron chi connectivity index (χ3n) is 10.9. The van der Waals surface area contributed by atoms with Crippen molar-refractivity contribution in [1.29, 1.82) is 0 Å². The van der Waals surface area contributed by atoms with Gasteiger partial charge in [-0.15, -0.1) is 0 Å². The molecular weight excluding hydrogens is 560 g/mol. The maximum atomic E-state index is 11.1. The van der Waals surface area contributed by atoms with Crippen molar-refractivity contribution < 1.29 is 19.7 Å². The molecule has 3 saturated heterocycles. The highest BCUT2D eigenvalue weighted by Crippen LogP contribution is 2.40. The van der Waals surface area contributed by atoms with Crippen LogP contribution in [0.5, 0.6) is 0 Å². The molecule has 4 aliphatic heterocycles. The molecule has 0 spiro atoms. The van der Waals surface area contributed by atoms with Gasteiger partial charge in [-0.25, -0.2) is 4.90 Å². The van der Waals surface area contributed by atoms with E-state index in [1.165, 1.54) is 23.4 Å². The number of ether oxygens (including phenoxy) is 2. The number of nitrogens with two attached hydrogens (primary N) is 1. The monoisotopic (exact) mass is 616 g/mol. The van der Waals surface area contributed by atoms with Crippen molar-refractivity contribution in [1.82, 2.24) is 25.3 Å². The molecular formula is C32H56N8O4. The van der Waals surface area contributed by atoms with Crippen LogP contribution in [0.2, 0.25) is 0 Å². The fraction of sp³-hybridized carbons (Fsp3) is 0.812. The van der Waals surface area contributed by atoms with Gasteiger partial charge in [0.25, 0.3) is 0 Å². The lowest BCUT2D eigenvalue weighted by atomic mass is 9.76. The van der Waals surface area contributed by atoms with Crippen LogP contribution in [0.3, 0.4) is 0 Å². The summed E-state index contributed by atoms with van der Waals surface area (Å²) in [6.07, 6.45) is 1.67. The van der Waals surface area contributed by atoms with Gasteiger partial charge < -0.3 is 36.1 Å². The number of aliphatic hydroxyl groups is 2. The third kappa shape index (κ3) is 6.23. The second-order valence-electron chi connectivity index (χ2n) is 14.8. The molecule has 1 saturated carbocycles. The number of benzene rings is 1. The lowest BCUT2D eigenvalue weighted by Gasteiger charge is -2.46. The fourth-order valence-electron chi connectivity index (χ4n) is 8.01. The Balaban J connectivity index is 0.980. The predicted molar refractivity (Wildman–Crippen MR) is 172 cm³/mol. The van der Waals surface area contributed by atoms with E-state index in [2.05, 4.69) is 81.9 Å². The van der Waals surface area contributed by atoms with Gasteiger partial charge in [-0.3, -0.25) is 20.4 Å². The number of nitrogens with one attached hydrogen (secondary N) is 4. The first kappa shape index (κ1) is 32.4. The summed E-state index contributed by atoms with van der Waals surface area (Å²) in [6.45, 7) is 11.4. The molecule has 6 rings (SSSR count). The molecule has 44 heavy (non-hydrogen) atoms. The SMILES string of the molecule is COCC(C)(C)c1ccc2c(c1)NC(CCC1CC(N(CC3O[C@@H](N4CNC5C(N)N(C)CNC54)[C@H](O)[C@@H]3O)C(C)C)C1)N2. The number of aliphatic hydroxyl groups excluding tert-OH is 2. The maximum absolute atomic E-state index is 11.1. The zero-order valence-electron chi connectivity index (χ0n) is 27.4. The summed E-state index contributed by atoms with van der Waals surface area (Å²) in [4.78, 5) is 6.61. The summed E-state index contributed by atoms with van der Waals surface area (Å²) >= 11 is 0. The number of methoxy groups -OCH3 is 1. The average Bonchev–Trinajstić information content (AvgIpc) is 3.64. The zero-order valence-corrected chi connectivity index (χ0v) is 27.4. The molecule has 1 aromatic carbocycles. The molecule has 1 aromatic rings. The number of anilines is 2. The second-order valence-corrected chi connectivity index (χ2v) is 14.8. The van der Waals surface area contributed by atoms with Crippen molar-refractivity contribution in [3.8, 4) is 0 Å². The van der Waals surface area contributed by atoms with E-state index in [0.717, 1.165) is 19.3 Å². The zero-order chi connectivity index (χ0) is 31.3. The van der Waals surface area contributed by atoms with E-state index < -0.39 is 24.5 Å². The van der Waals surface area contributed by atoms with Gasteiger partial charge in [0.15, 0.2) is 0 Å². The van der Waals surface area contributed by atoms with Gasteiger partial charge in [0.1, 0.15) is 24.5 Å². The van der Waals surface area contributed by atoms with Crippen LogP contribution in [0.4, 0.5) is 11.4 Å². The largest absolute Gasteiger partial charge is 0.387 e. The maximum Gasteiger partial charge on any atom is 0.142 e. The van der Waals surface area contributed by atoms with Crippen molar-refractivity contribution in [2.75, 3.05) is 51.3 Å². The highest BCUT2D eigenvalue weighted by molar-refractivity contribution is 5.75. The summed E-state index contributed by atoms with van der Waals surface area (Å²) in [7, 11) is 3.75. The van der Waals surface area contributed by atoms with Gasteiger partial charge in [-0.2, -0.15) is 0 Å². The van der Waals surface area contributed by atoms with Gasteiger partial charge >= 0.3 is 0 Å². The van der Waals surface area contributed by atoms with Crippen molar-refractivity contribution in [3.63, 3.8) is 0 Å². The van der Waals surface area contributed by atoms with Crippen LogP contribution in [0, 0.1) is 5.92 Å². The van der Waals surface area contributed by atoms with Crippen LogP contribution in [0.25, 0.3) is 0 Å². The highest BCUT2D eigenvalue weighted by Gasteiger charge is 2.53. The Labute approximate surface area is 263 Å². The molecule has 12 heteroatoms. The van der Waals surface area contributed by atoms with E-state index in [1.807, 2.05) is 7.05 Å². The minimum Gasteiger partial charge on any atom is -0.387 e. The number of nitrogens with zero attached hydrogens (tertiary/aromatic N) is 3. The van der Waals surface area contributed by atoms with E-state index >= 15 is 0 Å². The number of hydrogen-bond donors (Lipinski definition) is 7. The van der Waals surface area contributed by atoms with E-state index in [1.54, 1.807) is 7.11 Å².